The molecule has 1 aromatic rings. The third-order valence-corrected chi connectivity index (χ3v) is 3.44. The van der Waals surface area contributed by atoms with Crippen molar-refractivity contribution in [3.8, 4) is 0 Å². The zero-order valence-electron chi connectivity index (χ0n) is 9.19. The standard InChI is InChI=1S/C11H16N2OS/c1-7-4-5-10(6-8(7)2)15-9(3)11(12)13-14/h4-6,9,14H,1-3H3,(H2,12,13). The number of benzene rings is 1. The summed E-state index contributed by atoms with van der Waals surface area (Å²) < 4.78 is 0. The van der Waals surface area contributed by atoms with E-state index in [2.05, 4.69) is 31.1 Å². The van der Waals surface area contributed by atoms with E-state index < -0.39 is 0 Å². The molecule has 0 bridgehead atoms. The van der Waals surface area contributed by atoms with Gasteiger partial charge in [0.25, 0.3) is 0 Å². The van der Waals surface area contributed by atoms with Gasteiger partial charge in [0.1, 0.15) is 0 Å². The summed E-state index contributed by atoms with van der Waals surface area (Å²) in [6.45, 7) is 6.07. The summed E-state index contributed by atoms with van der Waals surface area (Å²) in [5.74, 6) is 0.248. The van der Waals surface area contributed by atoms with Crippen LogP contribution < -0.4 is 5.73 Å². The van der Waals surface area contributed by atoms with Crippen LogP contribution in [0.25, 0.3) is 0 Å². The van der Waals surface area contributed by atoms with Gasteiger partial charge in [0, 0.05) is 4.90 Å². The molecule has 0 aliphatic carbocycles. The van der Waals surface area contributed by atoms with E-state index in [0.717, 1.165) is 4.90 Å². The molecule has 0 aliphatic rings. The maximum Gasteiger partial charge on any atom is 0.152 e. The lowest BCUT2D eigenvalue weighted by Crippen LogP contribution is -2.23. The molecule has 0 amide bonds. The van der Waals surface area contributed by atoms with Crippen molar-refractivity contribution < 1.29 is 5.21 Å². The van der Waals surface area contributed by atoms with Crippen molar-refractivity contribution in [3.63, 3.8) is 0 Å². The second-order valence-electron chi connectivity index (χ2n) is 3.53. The molecule has 0 fully saturated rings. The Labute approximate surface area is 94.4 Å². The molecule has 0 aliphatic heterocycles. The van der Waals surface area contributed by atoms with E-state index in [0.29, 0.717) is 0 Å². The Morgan fingerprint density at radius 3 is 2.60 bits per heavy atom. The molecule has 3 N–H and O–H groups in total. The highest BCUT2D eigenvalue weighted by Gasteiger charge is 2.09. The van der Waals surface area contributed by atoms with Gasteiger partial charge in [-0.05, 0) is 44.0 Å². The zero-order chi connectivity index (χ0) is 11.4. The number of amidine groups is 1. The number of oxime groups is 1. The van der Waals surface area contributed by atoms with Crippen LogP contribution in [-0.2, 0) is 0 Å². The van der Waals surface area contributed by atoms with Crippen LogP contribution in [0.2, 0.25) is 0 Å². The Kier molecular flexibility index (Phi) is 4.03. The summed E-state index contributed by atoms with van der Waals surface area (Å²) in [6, 6.07) is 6.24. The van der Waals surface area contributed by atoms with Crippen LogP contribution in [0.1, 0.15) is 18.1 Å². The van der Waals surface area contributed by atoms with Crippen molar-refractivity contribution in [3.05, 3.63) is 29.3 Å². The Hall–Kier alpha value is -1.16. The molecule has 0 radical (unpaired) electrons. The Morgan fingerprint density at radius 2 is 2.07 bits per heavy atom. The number of nitrogens with two attached hydrogens (primary N) is 1. The third kappa shape index (κ3) is 3.16. The van der Waals surface area contributed by atoms with Crippen LogP contribution in [0.4, 0.5) is 0 Å². The third-order valence-electron chi connectivity index (χ3n) is 2.32. The molecule has 0 aromatic heterocycles. The van der Waals surface area contributed by atoms with Gasteiger partial charge in [-0.3, -0.25) is 0 Å². The summed E-state index contributed by atoms with van der Waals surface area (Å²) in [6.07, 6.45) is 0. The van der Waals surface area contributed by atoms with E-state index in [-0.39, 0.29) is 11.1 Å². The van der Waals surface area contributed by atoms with E-state index in [1.165, 1.54) is 11.1 Å². The van der Waals surface area contributed by atoms with Gasteiger partial charge in [-0.1, -0.05) is 11.2 Å². The highest BCUT2D eigenvalue weighted by Crippen LogP contribution is 2.25. The second-order valence-corrected chi connectivity index (χ2v) is 4.95. The first-order valence-corrected chi connectivity index (χ1v) is 5.64. The maximum atomic E-state index is 8.53. The highest BCUT2D eigenvalue weighted by molar-refractivity contribution is 8.00. The van der Waals surface area contributed by atoms with Crippen LogP contribution in [0.15, 0.2) is 28.3 Å². The molecule has 4 heteroatoms. The number of aryl methyl sites for hydroxylation is 2. The molecule has 0 saturated heterocycles. The first-order valence-electron chi connectivity index (χ1n) is 4.76. The molecule has 15 heavy (non-hydrogen) atoms. The van der Waals surface area contributed by atoms with Crippen LogP contribution >= 0.6 is 11.8 Å². The van der Waals surface area contributed by atoms with Gasteiger partial charge in [-0.2, -0.15) is 0 Å². The topological polar surface area (TPSA) is 58.6 Å². The Balaban J connectivity index is 2.77. The molecular weight excluding hydrogens is 208 g/mol. The van der Waals surface area contributed by atoms with E-state index in [1.54, 1.807) is 11.8 Å². The fourth-order valence-electron chi connectivity index (χ4n) is 1.13. The molecule has 1 unspecified atom stereocenters. The zero-order valence-corrected chi connectivity index (χ0v) is 10.0. The normalized spacial score (nSPS) is 13.9. The van der Waals surface area contributed by atoms with E-state index in [9.17, 15) is 0 Å². The van der Waals surface area contributed by atoms with Gasteiger partial charge < -0.3 is 10.9 Å². The average Bonchev–Trinajstić information content (AvgIpc) is 2.22. The van der Waals surface area contributed by atoms with Crippen molar-refractivity contribution in [1.82, 2.24) is 0 Å². The van der Waals surface area contributed by atoms with Crippen LogP contribution in [0.5, 0.6) is 0 Å². The van der Waals surface area contributed by atoms with Gasteiger partial charge in [0.05, 0.1) is 5.25 Å². The number of hydrogen-bond acceptors (Lipinski definition) is 3. The molecule has 82 valence electrons. The molecule has 1 atom stereocenters. The summed E-state index contributed by atoms with van der Waals surface area (Å²) in [5, 5.41) is 11.5. The molecule has 1 rings (SSSR count). The Bertz CT molecular complexity index is 377. The SMILES string of the molecule is Cc1ccc(SC(C)C(N)=NO)cc1C. The monoisotopic (exact) mass is 224 g/mol. The maximum absolute atomic E-state index is 8.53. The number of hydrogen-bond donors (Lipinski definition) is 2. The molecule has 0 heterocycles. The summed E-state index contributed by atoms with van der Waals surface area (Å²) >= 11 is 1.58. The minimum absolute atomic E-state index is 0.0166. The first kappa shape index (κ1) is 11.9. The minimum Gasteiger partial charge on any atom is -0.409 e. The largest absolute Gasteiger partial charge is 0.409 e. The lowest BCUT2D eigenvalue weighted by Gasteiger charge is -2.10. The lowest BCUT2D eigenvalue weighted by atomic mass is 10.1. The molecule has 3 nitrogen and oxygen atoms in total. The Morgan fingerprint density at radius 1 is 1.40 bits per heavy atom. The number of rotatable bonds is 3. The lowest BCUT2D eigenvalue weighted by molar-refractivity contribution is 0.317. The van der Waals surface area contributed by atoms with Crippen LogP contribution in [0, 0.1) is 13.8 Å². The predicted octanol–water partition coefficient (Wildman–Crippen LogP) is 2.53. The molecule has 1 aromatic carbocycles. The van der Waals surface area contributed by atoms with Gasteiger partial charge in [-0.25, -0.2) is 0 Å². The van der Waals surface area contributed by atoms with Crippen LogP contribution in [-0.4, -0.2) is 16.3 Å². The fraction of sp³-hybridized carbons (Fsp3) is 0.364. The quantitative estimate of drug-likeness (QED) is 0.273. The summed E-state index contributed by atoms with van der Waals surface area (Å²) in [4.78, 5) is 1.14. The second kappa shape index (κ2) is 5.07. The molecule has 0 spiro atoms. The fourth-order valence-corrected chi connectivity index (χ4v) is 2.10. The molecular formula is C11H16N2OS. The summed E-state index contributed by atoms with van der Waals surface area (Å²) in [5.41, 5.74) is 8.04. The van der Waals surface area contributed by atoms with E-state index in [4.69, 9.17) is 10.9 Å². The van der Waals surface area contributed by atoms with Gasteiger partial charge in [0.15, 0.2) is 5.84 Å². The van der Waals surface area contributed by atoms with Crippen molar-refractivity contribution in [1.29, 1.82) is 0 Å². The van der Waals surface area contributed by atoms with Gasteiger partial charge in [-0.15, -0.1) is 11.8 Å². The summed E-state index contributed by atoms with van der Waals surface area (Å²) in [7, 11) is 0. The smallest absolute Gasteiger partial charge is 0.152 e. The van der Waals surface area contributed by atoms with Crippen molar-refractivity contribution in [2.45, 2.75) is 30.9 Å². The number of thioether (sulfide) groups is 1. The predicted molar refractivity (Wildman–Crippen MR) is 64.6 cm³/mol. The average molecular weight is 224 g/mol. The van der Waals surface area contributed by atoms with Crippen LogP contribution in [0.3, 0.4) is 0 Å². The molecule has 0 saturated carbocycles. The number of nitrogens with zero attached hydrogens (tertiary/aromatic N) is 1. The highest BCUT2D eigenvalue weighted by atomic mass is 32.2. The van der Waals surface area contributed by atoms with Gasteiger partial charge in [0.2, 0.25) is 0 Å². The van der Waals surface area contributed by atoms with Crippen molar-refractivity contribution >= 4 is 17.6 Å². The van der Waals surface area contributed by atoms with Crippen molar-refractivity contribution in [2.24, 2.45) is 10.9 Å². The minimum atomic E-state index is -0.0166. The van der Waals surface area contributed by atoms with E-state index >= 15 is 0 Å². The van der Waals surface area contributed by atoms with Gasteiger partial charge >= 0.3 is 0 Å². The van der Waals surface area contributed by atoms with E-state index in [1.807, 2.05) is 13.0 Å². The van der Waals surface area contributed by atoms with Crippen molar-refractivity contribution in [2.75, 3.05) is 0 Å². The first-order chi connectivity index (χ1) is 7.04.